The third-order valence-electron chi connectivity index (χ3n) is 4.65. The van der Waals surface area contributed by atoms with Gasteiger partial charge in [-0.25, -0.2) is 5.84 Å². The average molecular weight is 253 g/mol. The normalized spacial score (nSPS) is 35.6. The molecule has 0 saturated heterocycles. The van der Waals surface area contributed by atoms with Gasteiger partial charge in [0, 0.05) is 24.5 Å². The number of rotatable bonds is 5. The van der Waals surface area contributed by atoms with Crippen LogP contribution in [0.5, 0.6) is 0 Å². The van der Waals surface area contributed by atoms with Gasteiger partial charge in [0.1, 0.15) is 0 Å². The summed E-state index contributed by atoms with van der Waals surface area (Å²) in [6.07, 6.45) is 6.42. The summed E-state index contributed by atoms with van der Waals surface area (Å²) in [6.45, 7) is 3.40. The van der Waals surface area contributed by atoms with Gasteiger partial charge in [-0.3, -0.25) is 0 Å². The third kappa shape index (κ3) is 2.81. The first kappa shape index (κ1) is 13.7. The van der Waals surface area contributed by atoms with Crippen LogP contribution in [0, 0.1) is 17.8 Å². The fourth-order valence-electron chi connectivity index (χ4n) is 3.37. The topological polar surface area (TPSA) is 75.5 Å². The van der Waals surface area contributed by atoms with Crippen molar-refractivity contribution >= 4 is 0 Å². The summed E-state index contributed by atoms with van der Waals surface area (Å²) in [5.74, 6) is 8.06. The molecule has 2 aliphatic carbocycles. The van der Waals surface area contributed by atoms with Gasteiger partial charge in [0.25, 0.3) is 0 Å². The van der Waals surface area contributed by atoms with Crippen LogP contribution in [-0.4, -0.2) is 23.3 Å². The zero-order chi connectivity index (χ0) is 13.1. The van der Waals surface area contributed by atoms with E-state index < -0.39 is 0 Å². The van der Waals surface area contributed by atoms with E-state index in [0.29, 0.717) is 24.4 Å². The highest BCUT2D eigenvalue weighted by Gasteiger charge is 2.48. The van der Waals surface area contributed by atoms with Crippen molar-refractivity contribution < 1.29 is 5.11 Å². The van der Waals surface area contributed by atoms with Crippen molar-refractivity contribution in [1.29, 1.82) is 0 Å². The summed E-state index contributed by atoms with van der Waals surface area (Å²) < 4.78 is 0. The summed E-state index contributed by atoms with van der Waals surface area (Å²) in [5, 5.41) is 11.2. The number of nitrogens with two attached hydrogens (primary N) is 2. The van der Waals surface area contributed by atoms with E-state index in [2.05, 4.69) is 6.92 Å². The molecule has 4 heteroatoms. The van der Waals surface area contributed by atoms with Gasteiger partial charge in [-0.05, 0) is 49.9 Å². The smallest absolute Gasteiger partial charge is 0.0478 e. The average Bonchev–Trinajstić information content (AvgIpc) is 3.03. The Morgan fingerprint density at radius 2 is 1.94 bits per heavy atom. The van der Waals surface area contributed by atoms with Crippen LogP contribution >= 0.6 is 0 Å². The summed E-state index contributed by atoms with van der Waals surface area (Å²) in [7, 11) is 0. The van der Waals surface area contributed by atoms with Gasteiger partial charge < -0.3 is 15.8 Å². The molecule has 0 aromatic carbocycles. The highest BCUT2D eigenvalue weighted by atomic mass is 16.3. The molecule has 0 amide bonds. The number of nitrogens with zero attached hydrogens (tertiary/aromatic N) is 1. The Balaban J connectivity index is 1.95. The number of hydrogen-bond acceptors (Lipinski definition) is 4. The minimum atomic E-state index is 0.340. The number of unbranched alkanes of at least 4 members (excludes halogenated alkanes) is 1. The molecule has 0 heterocycles. The first-order valence-corrected chi connectivity index (χ1v) is 7.29. The maximum atomic E-state index is 9.30. The summed E-state index contributed by atoms with van der Waals surface area (Å²) in [4.78, 5) is 0. The number of aliphatic hydroxyl groups is 1. The molecule has 3 atom stereocenters. The minimum absolute atomic E-state index is 0.340. The van der Waals surface area contributed by atoms with Crippen LogP contribution in [0.2, 0.25) is 0 Å². The van der Waals surface area contributed by atoms with Crippen LogP contribution in [0.1, 0.15) is 45.4 Å². The van der Waals surface area contributed by atoms with E-state index in [1.807, 2.05) is 5.01 Å². The quantitative estimate of drug-likeness (QED) is 0.513. The molecule has 2 rings (SSSR count). The third-order valence-corrected chi connectivity index (χ3v) is 4.65. The van der Waals surface area contributed by atoms with Gasteiger partial charge in [-0.15, -0.1) is 0 Å². The maximum absolute atomic E-state index is 9.30. The molecule has 0 bridgehead atoms. The van der Waals surface area contributed by atoms with Crippen LogP contribution in [0.4, 0.5) is 0 Å². The Labute approximate surface area is 110 Å². The second kappa shape index (κ2) is 5.93. The Hall–Kier alpha value is -0.740. The molecular formula is C14H27N3O. The molecule has 0 aromatic rings. The molecule has 104 valence electrons. The lowest BCUT2D eigenvalue weighted by Crippen LogP contribution is -2.33. The fraction of sp³-hybridized carbons (Fsp3) is 0.857. The molecule has 5 N–H and O–H groups in total. The van der Waals surface area contributed by atoms with E-state index >= 15 is 0 Å². The van der Waals surface area contributed by atoms with Crippen LogP contribution in [0.25, 0.3) is 0 Å². The van der Waals surface area contributed by atoms with Gasteiger partial charge >= 0.3 is 0 Å². The summed E-state index contributed by atoms with van der Waals surface area (Å²) in [5.41, 5.74) is 8.30. The number of hydrazine groups is 1. The molecule has 0 spiro atoms. The van der Waals surface area contributed by atoms with Crippen molar-refractivity contribution in [3.8, 4) is 0 Å². The van der Waals surface area contributed by atoms with E-state index in [9.17, 15) is 5.11 Å². The minimum Gasteiger partial charge on any atom is -0.401 e. The monoisotopic (exact) mass is 253 g/mol. The number of allylic oxidation sites excluding steroid dienone is 2. The molecule has 2 aliphatic rings. The first-order chi connectivity index (χ1) is 8.69. The van der Waals surface area contributed by atoms with Crippen molar-refractivity contribution in [3.05, 3.63) is 11.4 Å². The molecular weight excluding hydrogens is 226 g/mol. The van der Waals surface area contributed by atoms with Gasteiger partial charge in [0.2, 0.25) is 0 Å². The van der Waals surface area contributed by atoms with E-state index in [-0.39, 0.29) is 0 Å². The Morgan fingerprint density at radius 3 is 2.56 bits per heavy atom. The lowest BCUT2D eigenvalue weighted by atomic mass is 10.0. The van der Waals surface area contributed by atoms with Gasteiger partial charge in [-0.2, -0.15) is 0 Å². The standard InChI is InChI=1S/C14H27N3O/c1-2-3-8-17(16)14-7-5-11-10(12(11)9-18)4-6-13(14)15/h10-12,18H,2-9,15-16H2,1H3/b14-13-/t10-,11+,12+/m1/s1. The molecule has 18 heavy (non-hydrogen) atoms. The van der Waals surface area contributed by atoms with Crippen LogP contribution < -0.4 is 11.6 Å². The zero-order valence-corrected chi connectivity index (χ0v) is 11.4. The SMILES string of the molecule is CCCCN(N)/C1=C(\N)CC[C@H]2[C@H](CO)[C@H]2CC1. The van der Waals surface area contributed by atoms with Crippen molar-refractivity contribution in [2.45, 2.75) is 45.4 Å². The lowest BCUT2D eigenvalue weighted by Gasteiger charge is -2.25. The zero-order valence-electron chi connectivity index (χ0n) is 11.4. The Bertz CT molecular complexity index is 316. The predicted octanol–water partition coefficient (Wildman–Crippen LogP) is 1.56. The van der Waals surface area contributed by atoms with E-state index in [1.165, 1.54) is 0 Å². The van der Waals surface area contributed by atoms with E-state index in [4.69, 9.17) is 11.6 Å². The molecule has 4 nitrogen and oxygen atoms in total. The first-order valence-electron chi connectivity index (χ1n) is 7.29. The van der Waals surface area contributed by atoms with Crippen molar-refractivity contribution in [1.82, 2.24) is 5.01 Å². The number of aliphatic hydroxyl groups excluding tert-OH is 1. The molecule has 0 radical (unpaired) electrons. The van der Waals surface area contributed by atoms with Gasteiger partial charge in [-0.1, -0.05) is 13.3 Å². The number of hydrogen-bond donors (Lipinski definition) is 3. The largest absolute Gasteiger partial charge is 0.401 e. The van der Waals surface area contributed by atoms with E-state index in [1.54, 1.807) is 0 Å². The Kier molecular flexibility index (Phi) is 4.51. The highest BCUT2D eigenvalue weighted by Crippen LogP contribution is 2.53. The summed E-state index contributed by atoms with van der Waals surface area (Å²) in [6, 6.07) is 0. The van der Waals surface area contributed by atoms with Gasteiger partial charge in [0.05, 0.1) is 0 Å². The van der Waals surface area contributed by atoms with Crippen LogP contribution in [0.15, 0.2) is 11.4 Å². The highest BCUT2D eigenvalue weighted by molar-refractivity contribution is 5.14. The molecule has 0 unspecified atom stereocenters. The maximum Gasteiger partial charge on any atom is 0.0478 e. The fourth-order valence-corrected chi connectivity index (χ4v) is 3.37. The summed E-state index contributed by atoms with van der Waals surface area (Å²) >= 11 is 0. The lowest BCUT2D eigenvalue weighted by molar-refractivity contribution is 0.261. The van der Waals surface area contributed by atoms with Crippen molar-refractivity contribution in [2.24, 2.45) is 29.3 Å². The second-order valence-corrected chi connectivity index (χ2v) is 5.77. The van der Waals surface area contributed by atoms with Crippen LogP contribution in [0.3, 0.4) is 0 Å². The molecule has 1 fully saturated rings. The molecule has 0 aliphatic heterocycles. The second-order valence-electron chi connectivity index (χ2n) is 5.77. The van der Waals surface area contributed by atoms with Crippen molar-refractivity contribution in [3.63, 3.8) is 0 Å². The van der Waals surface area contributed by atoms with Crippen LogP contribution in [-0.2, 0) is 0 Å². The van der Waals surface area contributed by atoms with Crippen molar-refractivity contribution in [2.75, 3.05) is 13.2 Å². The number of fused-ring (bicyclic) bond motifs is 1. The predicted molar refractivity (Wildman–Crippen MR) is 73.0 cm³/mol. The molecule has 0 aromatic heterocycles. The Morgan fingerprint density at radius 1 is 1.28 bits per heavy atom. The van der Waals surface area contributed by atoms with Gasteiger partial charge in [0.15, 0.2) is 0 Å². The van der Waals surface area contributed by atoms with E-state index in [0.717, 1.165) is 56.5 Å². The molecule has 1 saturated carbocycles.